The second-order valence-corrected chi connectivity index (χ2v) is 5.69. The van der Waals surface area contributed by atoms with Crippen LogP contribution in [-0.4, -0.2) is 16.8 Å². The normalized spacial score (nSPS) is 12.6. The van der Waals surface area contributed by atoms with E-state index in [9.17, 15) is 0 Å². The van der Waals surface area contributed by atoms with E-state index >= 15 is 0 Å². The van der Waals surface area contributed by atoms with Crippen LogP contribution < -0.4 is 5.32 Å². The Kier molecular flexibility index (Phi) is 5.02. The van der Waals surface area contributed by atoms with Crippen LogP contribution in [0.25, 0.3) is 0 Å². The lowest BCUT2D eigenvalue weighted by atomic mass is 10.0. The lowest BCUT2D eigenvalue weighted by Crippen LogP contribution is -2.17. The van der Waals surface area contributed by atoms with Crippen molar-refractivity contribution in [3.8, 4) is 0 Å². The Balaban J connectivity index is 2.29. The van der Waals surface area contributed by atoms with Crippen molar-refractivity contribution in [1.82, 2.24) is 15.1 Å². The minimum atomic E-state index is 0.124. The van der Waals surface area contributed by atoms with E-state index in [0.29, 0.717) is 0 Å². The molecule has 0 saturated heterocycles. The zero-order valence-corrected chi connectivity index (χ0v) is 13.4. The van der Waals surface area contributed by atoms with E-state index in [1.165, 1.54) is 0 Å². The molecular weight excluding hydrogens is 326 g/mol. The van der Waals surface area contributed by atoms with E-state index in [0.717, 1.165) is 33.6 Å². The van der Waals surface area contributed by atoms with Crippen LogP contribution in [0.2, 0.25) is 5.02 Å². The molecule has 19 heavy (non-hydrogen) atoms. The number of aromatic nitrogens is 2. The molecule has 0 aliphatic heterocycles. The van der Waals surface area contributed by atoms with Gasteiger partial charge in [0.15, 0.2) is 0 Å². The van der Waals surface area contributed by atoms with Crippen LogP contribution >= 0.6 is 27.5 Å². The van der Waals surface area contributed by atoms with Crippen molar-refractivity contribution in [2.24, 2.45) is 0 Å². The largest absolute Gasteiger partial charge is 0.309 e. The highest BCUT2D eigenvalue weighted by Gasteiger charge is 2.15. The van der Waals surface area contributed by atoms with Crippen LogP contribution in [0.3, 0.4) is 0 Å². The van der Waals surface area contributed by atoms with E-state index in [1.54, 1.807) is 0 Å². The molecular formula is C14H17BrClN3. The number of hydrogen-bond acceptors (Lipinski definition) is 2. The first-order valence-corrected chi connectivity index (χ1v) is 7.47. The van der Waals surface area contributed by atoms with Gasteiger partial charge in [-0.25, -0.2) is 0 Å². The number of nitrogens with zero attached hydrogens (tertiary/aromatic N) is 2. The Labute approximate surface area is 127 Å². The topological polar surface area (TPSA) is 29.9 Å². The molecule has 3 nitrogen and oxygen atoms in total. The van der Waals surface area contributed by atoms with Gasteiger partial charge in [0, 0.05) is 22.8 Å². The zero-order chi connectivity index (χ0) is 13.8. The van der Waals surface area contributed by atoms with Gasteiger partial charge in [-0.05, 0) is 47.1 Å². The van der Waals surface area contributed by atoms with E-state index in [-0.39, 0.29) is 6.04 Å². The van der Waals surface area contributed by atoms with Gasteiger partial charge < -0.3 is 5.32 Å². The number of aryl methyl sites for hydroxylation is 1. The first-order chi connectivity index (χ1) is 9.15. The van der Waals surface area contributed by atoms with E-state index in [2.05, 4.69) is 39.5 Å². The highest BCUT2D eigenvalue weighted by Crippen LogP contribution is 2.28. The third-order valence-corrected chi connectivity index (χ3v) is 4.22. The molecule has 0 amide bonds. The predicted octanol–water partition coefficient (Wildman–Crippen LogP) is 4.02. The van der Waals surface area contributed by atoms with Gasteiger partial charge in [-0.2, -0.15) is 5.10 Å². The van der Waals surface area contributed by atoms with Crippen molar-refractivity contribution in [3.05, 3.63) is 51.2 Å². The summed E-state index contributed by atoms with van der Waals surface area (Å²) >= 11 is 9.50. The van der Waals surface area contributed by atoms with Crippen molar-refractivity contribution in [2.45, 2.75) is 25.9 Å². The van der Waals surface area contributed by atoms with Gasteiger partial charge in [0.25, 0.3) is 0 Å². The monoisotopic (exact) mass is 341 g/mol. The van der Waals surface area contributed by atoms with Crippen LogP contribution in [0.1, 0.15) is 30.5 Å². The summed E-state index contributed by atoms with van der Waals surface area (Å²) in [5.74, 6) is 0. The van der Waals surface area contributed by atoms with Gasteiger partial charge in [0.2, 0.25) is 0 Å². The number of benzene rings is 1. The molecule has 5 heteroatoms. The Morgan fingerprint density at radius 1 is 1.42 bits per heavy atom. The molecule has 2 rings (SSSR count). The molecule has 0 saturated carbocycles. The van der Waals surface area contributed by atoms with Crippen LogP contribution in [0, 0.1) is 0 Å². The molecule has 1 unspecified atom stereocenters. The van der Waals surface area contributed by atoms with E-state index in [4.69, 9.17) is 11.6 Å². The molecule has 1 aromatic heterocycles. The maximum absolute atomic E-state index is 6.04. The summed E-state index contributed by atoms with van der Waals surface area (Å²) < 4.78 is 2.89. The lowest BCUT2D eigenvalue weighted by molar-refractivity contribution is 0.600. The zero-order valence-electron chi connectivity index (χ0n) is 11.0. The molecule has 0 aliphatic carbocycles. The van der Waals surface area contributed by atoms with Gasteiger partial charge in [0.05, 0.1) is 17.3 Å². The second-order valence-electron chi connectivity index (χ2n) is 4.43. The maximum atomic E-state index is 6.04. The average molecular weight is 343 g/mol. The molecule has 0 bridgehead atoms. The van der Waals surface area contributed by atoms with E-state index in [1.807, 2.05) is 36.1 Å². The molecule has 0 fully saturated rings. The molecule has 102 valence electrons. The molecule has 1 atom stereocenters. The molecule has 2 aromatic rings. The molecule has 1 heterocycles. The minimum Gasteiger partial charge on any atom is -0.309 e. The van der Waals surface area contributed by atoms with Gasteiger partial charge in [-0.1, -0.05) is 24.6 Å². The summed E-state index contributed by atoms with van der Waals surface area (Å²) in [7, 11) is 1.95. The summed E-state index contributed by atoms with van der Waals surface area (Å²) in [6, 6.07) is 6.10. The molecule has 0 aliphatic rings. The van der Waals surface area contributed by atoms with E-state index < -0.39 is 0 Å². The summed E-state index contributed by atoms with van der Waals surface area (Å²) in [5.41, 5.74) is 2.32. The average Bonchev–Trinajstić information content (AvgIpc) is 2.83. The maximum Gasteiger partial charge on any atom is 0.0605 e. The first kappa shape index (κ1) is 14.6. The fraction of sp³-hybridized carbons (Fsp3) is 0.357. The van der Waals surface area contributed by atoms with Crippen molar-refractivity contribution >= 4 is 27.5 Å². The summed E-state index contributed by atoms with van der Waals surface area (Å²) in [6.45, 7) is 3.09. The predicted molar refractivity (Wildman–Crippen MR) is 82.6 cm³/mol. The number of rotatable bonds is 5. The SMILES string of the molecule is CCCn1cc(C(NC)c2ccc(Cl)c(Br)c2)cn1. The van der Waals surface area contributed by atoms with Crippen molar-refractivity contribution in [3.63, 3.8) is 0 Å². The lowest BCUT2D eigenvalue weighted by Gasteiger charge is -2.15. The Hall–Kier alpha value is -0.840. The van der Waals surface area contributed by atoms with Crippen molar-refractivity contribution in [2.75, 3.05) is 7.05 Å². The van der Waals surface area contributed by atoms with Crippen LogP contribution in [0.5, 0.6) is 0 Å². The highest BCUT2D eigenvalue weighted by molar-refractivity contribution is 9.10. The molecule has 0 spiro atoms. The number of hydrogen-bond donors (Lipinski definition) is 1. The standard InChI is InChI=1S/C14H17BrClN3/c1-3-6-19-9-11(8-18-19)14(17-2)10-4-5-13(16)12(15)7-10/h4-5,7-9,14,17H,3,6H2,1-2H3. The van der Waals surface area contributed by atoms with Crippen molar-refractivity contribution < 1.29 is 0 Å². The van der Waals surface area contributed by atoms with Crippen LogP contribution in [0.15, 0.2) is 35.1 Å². The van der Waals surface area contributed by atoms with Gasteiger partial charge in [-0.15, -0.1) is 0 Å². The number of halogens is 2. The molecule has 1 N–H and O–H groups in total. The van der Waals surface area contributed by atoms with Crippen LogP contribution in [0.4, 0.5) is 0 Å². The smallest absolute Gasteiger partial charge is 0.0605 e. The molecule has 0 radical (unpaired) electrons. The fourth-order valence-electron chi connectivity index (χ4n) is 2.10. The van der Waals surface area contributed by atoms with Crippen LogP contribution in [-0.2, 0) is 6.54 Å². The third-order valence-electron chi connectivity index (χ3n) is 3.00. The summed E-state index contributed by atoms with van der Waals surface area (Å²) in [5, 5.41) is 8.42. The second kappa shape index (κ2) is 6.55. The first-order valence-electron chi connectivity index (χ1n) is 6.30. The Bertz CT molecular complexity index is 553. The Morgan fingerprint density at radius 2 is 2.21 bits per heavy atom. The third kappa shape index (κ3) is 3.38. The minimum absolute atomic E-state index is 0.124. The van der Waals surface area contributed by atoms with Gasteiger partial charge in [-0.3, -0.25) is 4.68 Å². The van der Waals surface area contributed by atoms with Crippen molar-refractivity contribution in [1.29, 1.82) is 0 Å². The fourth-order valence-corrected chi connectivity index (χ4v) is 2.61. The number of nitrogens with one attached hydrogen (secondary N) is 1. The Morgan fingerprint density at radius 3 is 2.84 bits per heavy atom. The highest BCUT2D eigenvalue weighted by atomic mass is 79.9. The van der Waals surface area contributed by atoms with Gasteiger partial charge in [0.1, 0.15) is 0 Å². The summed E-state index contributed by atoms with van der Waals surface area (Å²) in [4.78, 5) is 0. The quantitative estimate of drug-likeness (QED) is 0.889. The molecule has 1 aromatic carbocycles. The van der Waals surface area contributed by atoms with Gasteiger partial charge >= 0.3 is 0 Å². The summed E-state index contributed by atoms with van der Waals surface area (Å²) in [6.07, 6.45) is 5.09.